The monoisotopic (exact) mass is 402 g/mol. The molecule has 2 amide bonds. The molecule has 0 spiro atoms. The van der Waals surface area contributed by atoms with E-state index in [1.807, 2.05) is 43.3 Å². The van der Waals surface area contributed by atoms with Crippen LogP contribution in [0.1, 0.15) is 52.7 Å². The van der Waals surface area contributed by atoms with Crippen molar-refractivity contribution in [1.29, 1.82) is 0 Å². The number of nitrogens with zero attached hydrogens (tertiary/aromatic N) is 1. The van der Waals surface area contributed by atoms with Gasteiger partial charge in [0.25, 0.3) is 5.91 Å². The highest BCUT2D eigenvalue weighted by atomic mass is 16.3. The first-order valence-electron chi connectivity index (χ1n) is 10.4. The summed E-state index contributed by atoms with van der Waals surface area (Å²) in [7, 11) is 0. The minimum absolute atomic E-state index is 0.152. The number of hydrogen-bond donors (Lipinski definition) is 1. The van der Waals surface area contributed by atoms with Crippen LogP contribution in [0.2, 0.25) is 0 Å². The molecule has 0 saturated heterocycles. The van der Waals surface area contributed by atoms with Gasteiger partial charge >= 0.3 is 0 Å². The number of furan rings is 1. The highest BCUT2D eigenvalue weighted by molar-refractivity contribution is 5.96. The summed E-state index contributed by atoms with van der Waals surface area (Å²) in [5, 5.41) is 3.10. The van der Waals surface area contributed by atoms with Crippen LogP contribution in [0.15, 0.2) is 71.3 Å². The van der Waals surface area contributed by atoms with E-state index in [2.05, 4.69) is 24.4 Å². The van der Waals surface area contributed by atoms with Crippen molar-refractivity contribution in [1.82, 2.24) is 10.2 Å². The van der Waals surface area contributed by atoms with Gasteiger partial charge in [-0.25, -0.2) is 0 Å². The van der Waals surface area contributed by atoms with Gasteiger partial charge in [-0.1, -0.05) is 55.5 Å². The van der Waals surface area contributed by atoms with Gasteiger partial charge in [-0.15, -0.1) is 0 Å². The lowest BCUT2D eigenvalue weighted by Gasteiger charge is -2.36. The number of fused-ring (bicyclic) bond motifs is 1. The molecule has 4 rings (SSSR count). The average Bonchev–Trinajstić information content (AvgIpc) is 3.32. The van der Waals surface area contributed by atoms with E-state index in [0.717, 1.165) is 23.1 Å². The number of carbonyl (C=O) groups is 2. The second-order valence-corrected chi connectivity index (χ2v) is 7.72. The normalized spacial score (nSPS) is 16.6. The van der Waals surface area contributed by atoms with Crippen LogP contribution < -0.4 is 5.32 Å². The van der Waals surface area contributed by atoms with Gasteiger partial charge in [0.2, 0.25) is 5.91 Å². The SMILES string of the molecule is CCc1ccc(C(C)NC(=O)C2Cc3ccccc3CN2C(=O)c2ccco2)cc1. The fraction of sp³-hybridized carbons (Fsp3) is 0.280. The topological polar surface area (TPSA) is 62.6 Å². The molecule has 1 aliphatic heterocycles. The van der Waals surface area contributed by atoms with Crippen LogP contribution in [0.25, 0.3) is 0 Å². The third-order valence-electron chi connectivity index (χ3n) is 5.79. The van der Waals surface area contributed by atoms with Gasteiger partial charge in [0.15, 0.2) is 5.76 Å². The van der Waals surface area contributed by atoms with Crippen molar-refractivity contribution >= 4 is 11.8 Å². The summed E-state index contributed by atoms with van der Waals surface area (Å²) in [5.74, 6) is -0.179. The molecule has 5 heteroatoms. The molecule has 0 radical (unpaired) electrons. The predicted molar refractivity (Wildman–Crippen MR) is 115 cm³/mol. The molecular weight excluding hydrogens is 376 g/mol. The van der Waals surface area contributed by atoms with Crippen LogP contribution in [0.3, 0.4) is 0 Å². The highest BCUT2D eigenvalue weighted by Crippen LogP contribution is 2.26. The average molecular weight is 402 g/mol. The van der Waals surface area contributed by atoms with Gasteiger partial charge in [-0.2, -0.15) is 0 Å². The Balaban J connectivity index is 1.56. The molecule has 5 nitrogen and oxygen atoms in total. The molecule has 154 valence electrons. The summed E-state index contributed by atoms with van der Waals surface area (Å²) in [6.45, 7) is 4.47. The Labute approximate surface area is 176 Å². The molecule has 0 fully saturated rings. The molecule has 2 heterocycles. The van der Waals surface area contributed by atoms with Gasteiger partial charge in [0.05, 0.1) is 12.3 Å². The summed E-state index contributed by atoms with van der Waals surface area (Å²) < 4.78 is 5.31. The van der Waals surface area contributed by atoms with Crippen LogP contribution >= 0.6 is 0 Å². The quantitative estimate of drug-likeness (QED) is 0.693. The number of nitrogens with one attached hydrogen (secondary N) is 1. The van der Waals surface area contributed by atoms with E-state index in [-0.39, 0.29) is 23.6 Å². The van der Waals surface area contributed by atoms with Crippen molar-refractivity contribution in [3.8, 4) is 0 Å². The zero-order valence-corrected chi connectivity index (χ0v) is 17.3. The van der Waals surface area contributed by atoms with Gasteiger partial charge in [0, 0.05) is 13.0 Å². The van der Waals surface area contributed by atoms with E-state index in [1.165, 1.54) is 11.8 Å². The summed E-state index contributed by atoms with van der Waals surface area (Å²) in [6.07, 6.45) is 2.94. The summed E-state index contributed by atoms with van der Waals surface area (Å²) in [4.78, 5) is 27.9. The Hall–Kier alpha value is -3.34. The zero-order chi connectivity index (χ0) is 21.1. The molecule has 3 aromatic rings. The Kier molecular flexibility index (Phi) is 5.70. The van der Waals surface area contributed by atoms with Gasteiger partial charge in [-0.3, -0.25) is 9.59 Å². The van der Waals surface area contributed by atoms with Crippen LogP contribution in [-0.4, -0.2) is 22.8 Å². The first-order valence-corrected chi connectivity index (χ1v) is 10.4. The number of hydrogen-bond acceptors (Lipinski definition) is 3. The summed E-state index contributed by atoms with van der Waals surface area (Å²) in [5.41, 5.74) is 4.46. The summed E-state index contributed by atoms with van der Waals surface area (Å²) in [6, 6.07) is 18.8. The smallest absolute Gasteiger partial charge is 0.290 e. The third-order valence-corrected chi connectivity index (χ3v) is 5.79. The molecule has 2 aromatic carbocycles. The van der Waals surface area contributed by atoms with Crippen molar-refractivity contribution < 1.29 is 14.0 Å². The number of amides is 2. The molecule has 1 N–H and O–H groups in total. The Morgan fingerprint density at radius 3 is 2.47 bits per heavy atom. The Morgan fingerprint density at radius 2 is 1.80 bits per heavy atom. The largest absolute Gasteiger partial charge is 0.459 e. The standard InChI is InChI=1S/C25H26N2O3/c1-3-18-10-12-19(13-11-18)17(2)26-24(28)22-15-20-7-4-5-8-21(20)16-27(22)25(29)23-9-6-14-30-23/h4-14,17,22H,3,15-16H2,1-2H3,(H,26,28). The van der Waals surface area contributed by atoms with Crippen molar-refractivity contribution in [3.05, 3.63) is 94.9 Å². The van der Waals surface area contributed by atoms with E-state index in [9.17, 15) is 9.59 Å². The molecule has 0 aliphatic carbocycles. The Bertz CT molecular complexity index is 1020. The Morgan fingerprint density at radius 1 is 1.07 bits per heavy atom. The van der Waals surface area contributed by atoms with Crippen LogP contribution in [-0.2, 0) is 24.2 Å². The second-order valence-electron chi connectivity index (χ2n) is 7.72. The molecule has 1 aliphatic rings. The first kappa shape index (κ1) is 20.0. The molecule has 2 atom stereocenters. The maximum absolute atomic E-state index is 13.3. The van der Waals surface area contributed by atoms with Crippen LogP contribution in [0, 0.1) is 0 Å². The predicted octanol–water partition coefficient (Wildman–Crippen LogP) is 4.29. The molecule has 1 aromatic heterocycles. The molecular formula is C25H26N2O3. The van der Waals surface area contributed by atoms with Crippen molar-refractivity contribution in [2.45, 2.75) is 45.3 Å². The lowest BCUT2D eigenvalue weighted by molar-refractivity contribution is -0.126. The fourth-order valence-electron chi connectivity index (χ4n) is 3.95. The lowest BCUT2D eigenvalue weighted by Crippen LogP contribution is -2.52. The maximum atomic E-state index is 13.3. The van der Waals surface area contributed by atoms with Gasteiger partial charge in [0.1, 0.15) is 6.04 Å². The van der Waals surface area contributed by atoms with E-state index in [4.69, 9.17) is 4.42 Å². The second kappa shape index (κ2) is 8.57. The number of benzene rings is 2. The minimum atomic E-state index is -0.588. The van der Waals surface area contributed by atoms with Crippen molar-refractivity contribution in [2.24, 2.45) is 0 Å². The van der Waals surface area contributed by atoms with Crippen LogP contribution in [0.4, 0.5) is 0 Å². The van der Waals surface area contributed by atoms with Gasteiger partial charge in [-0.05, 0) is 47.7 Å². The number of aryl methyl sites for hydroxylation is 1. The molecule has 0 saturated carbocycles. The van der Waals surface area contributed by atoms with E-state index in [1.54, 1.807) is 17.0 Å². The number of carbonyl (C=O) groups excluding carboxylic acids is 2. The van der Waals surface area contributed by atoms with E-state index >= 15 is 0 Å². The summed E-state index contributed by atoms with van der Waals surface area (Å²) >= 11 is 0. The molecule has 2 unspecified atom stereocenters. The third kappa shape index (κ3) is 4.01. The highest BCUT2D eigenvalue weighted by Gasteiger charge is 2.36. The van der Waals surface area contributed by atoms with Gasteiger partial charge < -0.3 is 14.6 Å². The fourth-order valence-corrected chi connectivity index (χ4v) is 3.95. The van der Waals surface area contributed by atoms with E-state index < -0.39 is 6.04 Å². The molecule has 30 heavy (non-hydrogen) atoms. The minimum Gasteiger partial charge on any atom is -0.459 e. The lowest BCUT2D eigenvalue weighted by atomic mass is 9.93. The van der Waals surface area contributed by atoms with Crippen molar-refractivity contribution in [2.75, 3.05) is 0 Å². The van der Waals surface area contributed by atoms with Crippen LogP contribution in [0.5, 0.6) is 0 Å². The zero-order valence-electron chi connectivity index (χ0n) is 17.3. The maximum Gasteiger partial charge on any atom is 0.290 e. The van der Waals surface area contributed by atoms with Crippen molar-refractivity contribution in [3.63, 3.8) is 0 Å². The van der Waals surface area contributed by atoms with E-state index in [0.29, 0.717) is 13.0 Å². The number of rotatable bonds is 5. The first-order chi connectivity index (χ1) is 14.6. The molecule has 0 bridgehead atoms.